The van der Waals surface area contributed by atoms with E-state index < -0.39 is 0 Å². The Balaban J connectivity index is 2.01. The van der Waals surface area contributed by atoms with Gasteiger partial charge in [-0.3, -0.25) is 0 Å². The second-order valence-electron chi connectivity index (χ2n) is 6.13. The van der Waals surface area contributed by atoms with Gasteiger partial charge in [-0.1, -0.05) is 25.5 Å². The number of fused-ring (bicyclic) bond motifs is 2. The highest BCUT2D eigenvalue weighted by Crippen LogP contribution is 2.68. The molecule has 2 saturated carbocycles. The van der Waals surface area contributed by atoms with Crippen LogP contribution < -0.4 is 9.79 Å². The molecule has 2 aliphatic carbocycles. The quantitative estimate of drug-likeness (QED) is 0.675. The van der Waals surface area contributed by atoms with Gasteiger partial charge in [0.2, 0.25) is 6.20 Å². The molecule has 0 radical (unpaired) electrons. The molecule has 3 unspecified atom stereocenters. The molecular weight excluding hydrogens is 204 g/mol. The Morgan fingerprint density at radius 3 is 2.69 bits per heavy atom. The molecule has 0 amide bonds. The summed E-state index contributed by atoms with van der Waals surface area (Å²) in [6.07, 6.45) is 5.15. The van der Waals surface area contributed by atoms with Crippen LogP contribution in [0.1, 0.15) is 46.1 Å². The van der Waals surface area contributed by atoms with Gasteiger partial charge in [0.15, 0.2) is 6.04 Å². The third kappa shape index (κ3) is 1.00. The molecule has 1 heterocycles. The third-order valence-electron chi connectivity index (χ3n) is 5.53. The van der Waals surface area contributed by atoms with Crippen molar-refractivity contribution in [3.63, 3.8) is 0 Å². The molecule has 4 heteroatoms. The van der Waals surface area contributed by atoms with E-state index in [1.165, 1.54) is 19.0 Å². The molecule has 1 aromatic heterocycles. The Labute approximate surface area is 95.2 Å². The third-order valence-corrected chi connectivity index (χ3v) is 5.53. The van der Waals surface area contributed by atoms with Gasteiger partial charge in [-0.05, 0) is 24.2 Å². The van der Waals surface area contributed by atoms with E-state index in [-0.39, 0.29) is 11.4 Å². The minimum atomic E-state index is -0.343. The van der Waals surface area contributed by atoms with Crippen molar-refractivity contribution < 1.29 is 14.3 Å². The van der Waals surface area contributed by atoms with Crippen molar-refractivity contribution in [3.05, 3.63) is 6.20 Å². The van der Waals surface area contributed by atoms with Crippen LogP contribution in [-0.4, -0.2) is 5.27 Å². The molecule has 0 saturated heterocycles. The van der Waals surface area contributed by atoms with Gasteiger partial charge in [-0.15, -0.1) is 0 Å². The number of hydrogen-bond acceptors (Lipinski definition) is 3. The maximum Gasteiger partial charge on any atom is 0.221 e. The second kappa shape index (κ2) is 2.79. The summed E-state index contributed by atoms with van der Waals surface area (Å²) in [6.45, 7) is 7.03. The van der Waals surface area contributed by atoms with Gasteiger partial charge in [-0.2, -0.15) is 0 Å². The first-order valence-corrected chi connectivity index (χ1v) is 6.00. The van der Waals surface area contributed by atoms with Crippen molar-refractivity contribution >= 4 is 0 Å². The van der Waals surface area contributed by atoms with Crippen LogP contribution in [0.15, 0.2) is 10.7 Å². The van der Waals surface area contributed by atoms with Gasteiger partial charge in [0.1, 0.15) is 5.95 Å². The first kappa shape index (κ1) is 10.1. The van der Waals surface area contributed by atoms with Crippen molar-refractivity contribution in [3.8, 4) is 5.95 Å². The highest BCUT2D eigenvalue weighted by atomic mass is 16.6. The lowest BCUT2D eigenvalue weighted by atomic mass is 9.69. The first-order valence-electron chi connectivity index (χ1n) is 6.00. The second-order valence-corrected chi connectivity index (χ2v) is 6.13. The Kier molecular flexibility index (Phi) is 1.76. The van der Waals surface area contributed by atoms with Crippen molar-refractivity contribution in [1.29, 1.82) is 0 Å². The lowest BCUT2D eigenvalue weighted by Crippen LogP contribution is -2.49. The molecule has 88 valence electrons. The summed E-state index contributed by atoms with van der Waals surface area (Å²) in [5.74, 6) is 0.408. The van der Waals surface area contributed by atoms with Crippen LogP contribution >= 0.6 is 0 Å². The molecule has 0 aliphatic heterocycles. The van der Waals surface area contributed by atoms with Gasteiger partial charge >= 0.3 is 0 Å². The van der Waals surface area contributed by atoms with Crippen LogP contribution in [0, 0.1) is 16.7 Å². The molecule has 0 spiro atoms. The van der Waals surface area contributed by atoms with E-state index in [9.17, 15) is 5.11 Å². The SMILES string of the molecule is CC1(C)C2CCC1(C)C([n+]1cc([O-])on1)C2. The Morgan fingerprint density at radius 2 is 2.25 bits per heavy atom. The summed E-state index contributed by atoms with van der Waals surface area (Å²) < 4.78 is 6.41. The summed E-state index contributed by atoms with van der Waals surface area (Å²) >= 11 is 0. The fourth-order valence-corrected chi connectivity index (χ4v) is 3.95. The van der Waals surface area contributed by atoms with Crippen LogP contribution in [0.4, 0.5) is 0 Å². The number of rotatable bonds is 1. The average molecular weight is 222 g/mol. The highest BCUT2D eigenvalue weighted by molar-refractivity contribution is 5.08. The van der Waals surface area contributed by atoms with Crippen LogP contribution in [0.25, 0.3) is 0 Å². The lowest BCUT2D eigenvalue weighted by molar-refractivity contribution is -0.796. The van der Waals surface area contributed by atoms with Crippen LogP contribution in [0.2, 0.25) is 0 Å². The van der Waals surface area contributed by atoms with Gasteiger partial charge in [0, 0.05) is 11.8 Å². The van der Waals surface area contributed by atoms with Crippen molar-refractivity contribution in [2.24, 2.45) is 16.7 Å². The molecule has 3 atom stereocenters. The van der Waals surface area contributed by atoms with E-state index in [4.69, 9.17) is 0 Å². The van der Waals surface area contributed by atoms with Crippen LogP contribution in [0.3, 0.4) is 0 Å². The Hall–Kier alpha value is -1.06. The molecule has 16 heavy (non-hydrogen) atoms. The minimum Gasteiger partial charge on any atom is -0.539 e. The predicted molar refractivity (Wildman–Crippen MR) is 54.4 cm³/mol. The minimum absolute atomic E-state index is 0.242. The summed E-state index contributed by atoms with van der Waals surface area (Å²) in [5, 5.41) is 14.9. The molecular formula is C12H18N2O2. The van der Waals surface area contributed by atoms with Crippen LogP contribution in [0.5, 0.6) is 5.95 Å². The smallest absolute Gasteiger partial charge is 0.221 e. The molecule has 4 nitrogen and oxygen atoms in total. The molecule has 0 aromatic carbocycles. The van der Waals surface area contributed by atoms with Crippen molar-refractivity contribution in [1.82, 2.24) is 5.27 Å². The summed E-state index contributed by atoms with van der Waals surface area (Å²) in [6, 6.07) is 0.327. The molecule has 2 bridgehead atoms. The highest BCUT2D eigenvalue weighted by Gasteiger charge is 2.66. The summed E-state index contributed by atoms with van der Waals surface area (Å²) in [7, 11) is 0. The largest absolute Gasteiger partial charge is 0.539 e. The molecule has 0 N–H and O–H groups in total. The molecule has 2 fully saturated rings. The maximum atomic E-state index is 11.1. The van der Waals surface area contributed by atoms with Gasteiger partial charge in [0.05, 0.1) is 5.27 Å². The first-order chi connectivity index (χ1) is 7.45. The lowest BCUT2D eigenvalue weighted by Gasteiger charge is -2.34. The monoisotopic (exact) mass is 222 g/mol. The van der Waals surface area contributed by atoms with Gasteiger partial charge < -0.3 is 9.63 Å². The van der Waals surface area contributed by atoms with E-state index in [0.29, 0.717) is 11.5 Å². The maximum absolute atomic E-state index is 11.1. The van der Waals surface area contributed by atoms with Crippen molar-refractivity contribution in [2.45, 2.75) is 46.1 Å². The van der Waals surface area contributed by atoms with Crippen LogP contribution in [-0.2, 0) is 0 Å². The van der Waals surface area contributed by atoms with E-state index in [2.05, 4.69) is 30.6 Å². The normalized spacial score (nSPS) is 40.4. The number of aromatic nitrogens is 2. The van der Waals surface area contributed by atoms with Crippen molar-refractivity contribution in [2.75, 3.05) is 0 Å². The van der Waals surface area contributed by atoms with Gasteiger partial charge in [0.25, 0.3) is 0 Å². The predicted octanol–water partition coefficient (Wildman–Crippen LogP) is 1.42. The Bertz CT molecular complexity index is 426. The van der Waals surface area contributed by atoms with E-state index in [1.807, 2.05) is 0 Å². The van der Waals surface area contributed by atoms with Gasteiger partial charge in [-0.25, -0.2) is 0 Å². The van der Waals surface area contributed by atoms with E-state index >= 15 is 0 Å². The zero-order valence-electron chi connectivity index (χ0n) is 10.1. The topological polar surface area (TPSA) is 53.0 Å². The van der Waals surface area contributed by atoms with E-state index in [0.717, 1.165) is 12.3 Å². The number of hydrogen-bond donors (Lipinski definition) is 0. The average Bonchev–Trinajstić information content (AvgIpc) is 2.77. The fourth-order valence-electron chi connectivity index (χ4n) is 3.95. The number of nitrogens with zero attached hydrogens (tertiary/aromatic N) is 2. The standard InChI is InChI=1S/C12H18N2O2/c1-11(2)8-4-5-12(11,3)9(6-8)14-7-10(15)16-13-14/h7-9H,4-6H2,1-3H3. The molecule has 1 aromatic rings. The fraction of sp³-hybridized carbons (Fsp3) is 0.833. The summed E-state index contributed by atoms with van der Waals surface area (Å²) in [4.78, 5) is 0. The zero-order valence-corrected chi connectivity index (χ0v) is 10.1. The zero-order chi connectivity index (χ0) is 11.6. The van der Waals surface area contributed by atoms with E-state index in [1.54, 1.807) is 4.68 Å². The summed E-state index contributed by atoms with van der Waals surface area (Å²) in [5.41, 5.74) is 0.582. The molecule has 3 rings (SSSR count). The molecule has 2 aliphatic rings. The Morgan fingerprint density at radius 1 is 1.50 bits per heavy atom.